The van der Waals surface area contributed by atoms with Crippen LogP contribution in [0.1, 0.15) is 39.9 Å². The molecule has 0 amide bonds. The zero-order chi connectivity index (χ0) is 12.2. The molecule has 0 radical (unpaired) electrons. The van der Waals surface area contributed by atoms with Crippen molar-refractivity contribution in [2.75, 3.05) is 6.54 Å². The molecule has 1 heterocycles. The molecule has 3 nitrogen and oxygen atoms in total. The monoisotopic (exact) mass is 223 g/mol. The quantitative estimate of drug-likeness (QED) is 0.802. The van der Waals surface area contributed by atoms with Gasteiger partial charge in [0.25, 0.3) is 0 Å². The lowest BCUT2D eigenvalue weighted by Crippen LogP contribution is -2.29. The molecule has 0 aromatic carbocycles. The molecule has 0 aliphatic rings. The van der Waals surface area contributed by atoms with Gasteiger partial charge in [-0.25, -0.2) is 4.98 Å². The minimum absolute atomic E-state index is 0.307. The molecule has 1 aromatic heterocycles. The van der Waals surface area contributed by atoms with E-state index in [0.717, 1.165) is 13.0 Å². The van der Waals surface area contributed by atoms with Crippen LogP contribution in [-0.2, 0) is 13.5 Å². The Balaban J connectivity index is 2.42. The maximum absolute atomic E-state index is 4.39. The van der Waals surface area contributed by atoms with Gasteiger partial charge in [-0.05, 0) is 18.4 Å². The largest absolute Gasteiger partial charge is 0.338 e. The fraction of sp³-hybridized carbons (Fsp3) is 0.769. The second-order valence-corrected chi connectivity index (χ2v) is 5.65. The number of aryl methyl sites for hydroxylation is 1. The van der Waals surface area contributed by atoms with Crippen molar-refractivity contribution in [2.45, 2.75) is 46.6 Å². The van der Waals surface area contributed by atoms with Gasteiger partial charge in [0.15, 0.2) is 0 Å². The Hall–Kier alpha value is -0.830. The van der Waals surface area contributed by atoms with Crippen LogP contribution in [-0.4, -0.2) is 22.1 Å². The molecule has 0 aliphatic heterocycles. The van der Waals surface area contributed by atoms with E-state index in [1.807, 2.05) is 12.4 Å². The summed E-state index contributed by atoms with van der Waals surface area (Å²) in [5.41, 5.74) is 0.307. The summed E-state index contributed by atoms with van der Waals surface area (Å²) in [6, 6.07) is 0.573. The highest BCUT2D eigenvalue weighted by molar-refractivity contribution is 4.95. The lowest BCUT2D eigenvalue weighted by Gasteiger charge is -2.25. The van der Waals surface area contributed by atoms with Crippen molar-refractivity contribution >= 4 is 0 Å². The minimum atomic E-state index is 0.307. The summed E-state index contributed by atoms with van der Waals surface area (Å²) in [5.74, 6) is 1.18. The molecule has 0 atom stereocenters. The number of hydrogen-bond acceptors (Lipinski definition) is 2. The van der Waals surface area contributed by atoms with Crippen LogP contribution in [0.25, 0.3) is 0 Å². The van der Waals surface area contributed by atoms with E-state index in [2.05, 4.69) is 49.6 Å². The highest BCUT2D eigenvalue weighted by atomic mass is 15.0. The Morgan fingerprint density at radius 2 is 2.12 bits per heavy atom. The van der Waals surface area contributed by atoms with E-state index in [1.165, 1.54) is 12.2 Å². The van der Waals surface area contributed by atoms with Crippen molar-refractivity contribution in [1.29, 1.82) is 0 Å². The number of hydrogen-bond donors (Lipinski definition) is 1. The average Bonchev–Trinajstić information content (AvgIpc) is 2.50. The number of imidazole rings is 1. The molecule has 0 fully saturated rings. The molecular weight excluding hydrogens is 198 g/mol. The topological polar surface area (TPSA) is 29.9 Å². The van der Waals surface area contributed by atoms with Gasteiger partial charge in [0.05, 0.1) is 0 Å². The fourth-order valence-corrected chi connectivity index (χ4v) is 1.78. The van der Waals surface area contributed by atoms with Crippen molar-refractivity contribution in [1.82, 2.24) is 14.9 Å². The molecule has 0 bridgehead atoms. The van der Waals surface area contributed by atoms with Crippen molar-refractivity contribution in [3.8, 4) is 0 Å². The number of aromatic nitrogens is 2. The third-order valence-corrected chi connectivity index (χ3v) is 2.91. The fourth-order valence-electron chi connectivity index (χ4n) is 1.78. The summed E-state index contributed by atoms with van der Waals surface area (Å²) in [6.07, 6.45) is 6.10. The van der Waals surface area contributed by atoms with Crippen molar-refractivity contribution in [3.63, 3.8) is 0 Å². The average molecular weight is 223 g/mol. The third kappa shape index (κ3) is 4.35. The van der Waals surface area contributed by atoms with E-state index in [4.69, 9.17) is 0 Å². The Bertz CT molecular complexity index is 313. The molecule has 16 heavy (non-hydrogen) atoms. The minimum Gasteiger partial charge on any atom is -0.338 e. The number of nitrogens with one attached hydrogen (secondary N) is 1. The number of nitrogens with zero attached hydrogens (tertiary/aromatic N) is 2. The Morgan fingerprint density at radius 3 is 2.62 bits per heavy atom. The van der Waals surface area contributed by atoms with Gasteiger partial charge in [0.1, 0.15) is 5.82 Å². The maximum atomic E-state index is 4.39. The van der Waals surface area contributed by atoms with Crippen LogP contribution in [0.5, 0.6) is 0 Å². The molecular formula is C13H25N3. The summed E-state index contributed by atoms with van der Waals surface area (Å²) in [7, 11) is 2.06. The van der Waals surface area contributed by atoms with Crippen LogP contribution < -0.4 is 5.32 Å². The van der Waals surface area contributed by atoms with Crippen LogP contribution in [0.3, 0.4) is 0 Å². The highest BCUT2D eigenvalue weighted by Crippen LogP contribution is 2.24. The molecule has 92 valence electrons. The van der Waals surface area contributed by atoms with Gasteiger partial charge in [-0.1, -0.05) is 27.7 Å². The molecule has 1 aromatic rings. The van der Waals surface area contributed by atoms with Gasteiger partial charge >= 0.3 is 0 Å². The van der Waals surface area contributed by atoms with E-state index in [-0.39, 0.29) is 0 Å². The molecule has 3 heteroatoms. The second-order valence-electron chi connectivity index (χ2n) is 5.65. The van der Waals surface area contributed by atoms with Crippen molar-refractivity contribution < 1.29 is 0 Å². The Labute approximate surface area is 99.3 Å². The van der Waals surface area contributed by atoms with Gasteiger partial charge in [0, 0.05) is 31.9 Å². The van der Waals surface area contributed by atoms with E-state index >= 15 is 0 Å². The van der Waals surface area contributed by atoms with E-state index in [1.54, 1.807) is 0 Å². The zero-order valence-corrected chi connectivity index (χ0v) is 11.2. The molecule has 0 aliphatic carbocycles. The van der Waals surface area contributed by atoms with E-state index < -0.39 is 0 Å². The third-order valence-electron chi connectivity index (χ3n) is 2.91. The molecule has 1 rings (SSSR count). The summed E-state index contributed by atoms with van der Waals surface area (Å²) >= 11 is 0. The highest BCUT2D eigenvalue weighted by Gasteiger charge is 2.20. The lowest BCUT2D eigenvalue weighted by atomic mass is 9.85. The second kappa shape index (κ2) is 5.48. The molecule has 0 saturated heterocycles. The first-order chi connectivity index (χ1) is 7.41. The normalized spacial score (nSPS) is 12.4. The van der Waals surface area contributed by atoms with E-state index in [9.17, 15) is 0 Å². The SMILES string of the molecule is CC(C)NCCC(C)(C)Cc1nccn1C. The first-order valence-electron chi connectivity index (χ1n) is 6.10. The maximum Gasteiger partial charge on any atom is 0.108 e. The van der Waals surface area contributed by atoms with Gasteiger partial charge in [-0.15, -0.1) is 0 Å². The van der Waals surface area contributed by atoms with Crippen molar-refractivity contribution in [2.24, 2.45) is 12.5 Å². The predicted octanol–water partition coefficient (Wildman–Crippen LogP) is 2.38. The summed E-state index contributed by atoms with van der Waals surface area (Å²) < 4.78 is 2.11. The summed E-state index contributed by atoms with van der Waals surface area (Å²) in [5, 5.41) is 3.47. The first-order valence-corrected chi connectivity index (χ1v) is 6.10. The van der Waals surface area contributed by atoms with Crippen LogP contribution in [0, 0.1) is 5.41 Å². The molecule has 1 N–H and O–H groups in total. The van der Waals surface area contributed by atoms with Gasteiger partial charge < -0.3 is 9.88 Å². The van der Waals surface area contributed by atoms with E-state index in [0.29, 0.717) is 11.5 Å². The van der Waals surface area contributed by atoms with Gasteiger partial charge in [-0.2, -0.15) is 0 Å². The summed E-state index contributed by atoms with van der Waals surface area (Å²) in [4.78, 5) is 4.39. The van der Waals surface area contributed by atoms with Crippen LogP contribution >= 0.6 is 0 Å². The van der Waals surface area contributed by atoms with Crippen molar-refractivity contribution in [3.05, 3.63) is 18.2 Å². The Morgan fingerprint density at radius 1 is 1.44 bits per heavy atom. The molecule has 0 spiro atoms. The first kappa shape index (κ1) is 13.2. The van der Waals surface area contributed by atoms with Crippen LogP contribution in [0.4, 0.5) is 0 Å². The Kier molecular flexibility index (Phi) is 4.54. The zero-order valence-electron chi connectivity index (χ0n) is 11.2. The standard InChI is InChI=1S/C13H25N3/c1-11(2)14-7-6-13(3,4)10-12-15-8-9-16(12)5/h8-9,11,14H,6-7,10H2,1-5H3. The molecule has 0 unspecified atom stereocenters. The smallest absolute Gasteiger partial charge is 0.108 e. The van der Waals surface area contributed by atoms with Gasteiger partial charge in [-0.3, -0.25) is 0 Å². The molecule has 0 saturated carbocycles. The van der Waals surface area contributed by atoms with Crippen LogP contribution in [0.2, 0.25) is 0 Å². The predicted molar refractivity (Wildman–Crippen MR) is 68.4 cm³/mol. The lowest BCUT2D eigenvalue weighted by molar-refractivity contribution is 0.311. The summed E-state index contributed by atoms with van der Waals surface area (Å²) in [6.45, 7) is 10.1. The van der Waals surface area contributed by atoms with Crippen LogP contribution in [0.15, 0.2) is 12.4 Å². The number of rotatable bonds is 6. The van der Waals surface area contributed by atoms with Gasteiger partial charge in [0.2, 0.25) is 0 Å².